The van der Waals surface area contributed by atoms with E-state index in [-0.39, 0.29) is 0 Å². The van der Waals surface area contributed by atoms with Crippen molar-refractivity contribution in [1.29, 1.82) is 0 Å². The van der Waals surface area contributed by atoms with Crippen LogP contribution in [0.3, 0.4) is 0 Å². The van der Waals surface area contributed by atoms with Crippen LogP contribution in [0.5, 0.6) is 0 Å². The lowest BCUT2D eigenvalue weighted by molar-refractivity contribution is 0.0308. The second kappa shape index (κ2) is 7.72. The standard InChI is InChI=1S/C16H27N3O/c1-13(2)16(12-19-6-8-20-9-7-19)18-11-15-5-4-14(3)10-17-15/h4-5,10,13,16,18H,6-9,11-12H2,1-3H3/t16-/m1/s1. The van der Waals surface area contributed by atoms with Crippen LogP contribution in [0.25, 0.3) is 0 Å². The Hall–Kier alpha value is -0.970. The minimum atomic E-state index is 0.496. The van der Waals surface area contributed by atoms with E-state index in [4.69, 9.17) is 4.74 Å². The summed E-state index contributed by atoms with van der Waals surface area (Å²) in [5.74, 6) is 0.614. The molecule has 0 aromatic carbocycles. The highest BCUT2D eigenvalue weighted by molar-refractivity contribution is 5.12. The molecule has 1 atom stereocenters. The SMILES string of the molecule is Cc1ccc(CN[C@H](CN2CCOCC2)C(C)C)nc1. The van der Waals surface area contributed by atoms with Crippen molar-refractivity contribution in [2.24, 2.45) is 5.92 Å². The molecule has 0 unspecified atom stereocenters. The molecule has 2 heterocycles. The Kier molecular flexibility index (Phi) is 5.95. The molecular formula is C16H27N3O. The summed E-state index contributed by atoms with van der Waals surface area (Å²) in [7, 11) is 0. The molecule has 1 N–H and O–H groups in total. The number of hydrogen-bond donors (Lipinski definition) is 1. The number of hydrogen-bond acceptors (Lipinski definition) is 4. The summed E-state index contributed by atoms with van der Waals surface area (Å²) in [5, 5.41) is 3.66. The van der Waals surface area contributed by atoms with Gasteiger partial charge in [-0.15, -0.1) is 0 Å². The third-order valence-electron chi connectivity index (χ3n) is 3.88. The molecule has 1 aliphatic rings. The molecule has 2 rings (SSSR count). The average Bonchev–Trinajstić information content (AvgIpc) is 2.46. The van der Waals surface area contributed by atoms with Gasteiger partial charge in [0.15, 0.2) is 0 Å². The number of pyridine rings is 1. The van der Waals surface area contributed by atoms with Gasteiger partial charge in [0.25, 0.3) is 0 Å². The van der Waals surface area contributed by atoms with E-state index in [9.17, 15) is 0 Å². The molecule has 4 heteroatoms. The van der Waals surface area contributed by atoms with Crippen molar-refractivity contribution >= 4 is 0 Å². The van der Waals surface area contributed by atoms with Gasteiger partial charge < -0.3 is 10.1 Å². The number of nitrogens with zero attached hydrogens (tertiary/aromatic N) is 2. The molecule has 1 aromatic heterocycles. The van der Waals surface area contributed by atoms with Crippen LogP contribution in [0.15, 0.2) is 18.3 Å². The van der Waals surface area contributed by atoms with Gasteiger partial charge in [-0.2, -0.15) is 0 Å². The fourth-order valence-electron chi connectivity index (χ4n) is 2.41. The van der Waals surface area contributed by atoms with E-state index in [0.29, 0.717) is 12.0 Å². The van der Waals surface area contributed by atoms with Gasteiger partial charge in [0.1, 0.15) is 0 Å². The maximum absolute atomic E-state index is 5.41. The third kappa shape index (κ3) is 4.85. The molecule has 0 amide bonds. The van der Waals surface area contributed by atoms with E-state index >= 15 is 0 Å². The highest BCUT2D eigenvalue weighted by Gasteiger charge is 2.19. The summed E-state index contributed by atoms with van der Waals surface area (Å²) in [6.45, 7) is 12.4. The molecule has 0 spiro atoms. The zero-order valence-electron chi connectivity index (χ0n) is 12.9. The predicted octanol–water partition coefficient (Wildman–Crippen LogP) is 1.84. The fraction of sp³-hybridized carbons (Fsp3) is 0.688. The van der Waals surface area contributed by atoms with Crippen molar-refractivity contribution in [3.05, 3.63) is 29.6 Å². The average molecular weight is 277 g/mol. The van der Waals surface area contributed by atoms with E-state index in [2.05, 4.69) is 48.1 Å². The van der Waals surface area contributed by atoms with Gasteiger partial charge in [0, 0.05) is 38.4 Å². The summed E-state index contributed by atoms with van der Waals surface area (Å²) in [6.07, 6.45) is 1.93. The number of morpholine rings is 1. The van der Waals surface area contributed by atoms with E-state index in [1.807, 2.05) is 6.20 Å². The number of aryl methyl sites for hydroxylation is 1. The molecule has 0 aliphatic carbocycles. The van der Waals surface area contributed by atoms with Crippen LogP contribution in [0.1, 0.15) is 25.1 Å². The van der Waals surface area contributed by atoms with Crippen molar-refractivity contribution in [2.45, 2.75) is 33.4 Å². The molecule has 20 heavy (non-hydrogen) atoms. The second-order valence-electron chi connectivity index (χ2n) is 5.97. The highest BCUT2D eigenvalue weighted by atomic mass is 16.5. The van der Waals surface area contributed by atoms with Crippen LogP contribution >= 0.6 is 0 Å². The molecule has 0 saturated carbocycles. The molecule has 0 radical (unpaired) electrons. The van der Waals surface area contributed by atoms with E-state index in [0.717, 1.165) is 45.1 Å². The minimum Gasteiger partial charge on any atom is -0.379 e. The van der Waals surface area contributed by atoms with Gasteiger partial charge in [-0.25, -0.2) is 0 Å². The van der Waals surface area contributed by atoms with Gasteiger partial charge in [0.2, 0.25) is 0 Å². The molecule has 0 bridgehead atoms. The largest absolute Gasteiger partial charge is 0.379 e. The first-order valence-corrected chi connectivity index (χ1v) is 7.60. The van der Waals surface area contributed by atoms with Gasteiger partial charge in [-0.1, -0.05) is 19.9 Å². The molecule has 1 aromatic rings. The highest BCUT2D eigenvalue weighted by Crippen LogP contribution is 2.08. The van der Waals surface area contributed by atoms with Crippen LogP contribution in [0.2, 0.25) is 0 Å². The number of nitrogens with one attached hydrogen (secondary N) is 1. The smallest absolute Gasteiger partial charge is 0.0594 e. The zero-order valence-corrected chi connectivity index (χ0v) is 12.9. The Balaban J connectivity index is 1.83. The Labute approximate surface area is 122 Å². The Morgan fingerprint density at radius 1 is 1.30 bits per heavy atom. The quantitative estimate of drug-likeness (QED) is 0.861. The Morgan fingerprint density at radius 2 is 2.05 bits per heavy atom. The summed E-state index contributed by atoms with van der Waals surface area (Å²) in [5.41, 5.74) is 2.32. The summed E-state index contributed by atoms with van der Waals surface area (Å²) in [4.78, 5) is 6.95. The Morgan fingerprint density at radius 3 is 2.65 bits per heavy atom. The van der Waals surface area contributed by atoms with Crippen molar-refractivity contribution in [2.75, 3.05) is 32.8 Å². The molecule has 1 aliphatic heterocycles. The Bertz CT molecular complexity index is 385. The number of ether oxygens (including phenoxy) is 1. The van der Waals surface area contributed by atoms with Crippen molar-refractivity contribution < 1.29 is 4.74 Å². The first kappa shape index (κ1) is 15.4. The molecular weight excluding hydrogens is 250 g/mol. The first-order valence-electron chi connectivity index (χ1n) is 7.60. The topological polar surface area (TPSA) is 37.4 Å². The van der Waals surface area contributed by atoms with Crippen LogP contribution < -0.4 is 5.32 Å². The molecule has 1 saturated heterocycles. The second-order valence-corrected chi connectivity index (χ2v) is 5.97. The van der Waals surface area contributed by atoms with Gasteiger partial charge >= 0.3 is 0 Å². The van der Waals surface area contributed by atoms with Crippen molar-refractivity contribution in [1.82, 2.24) is 15.2 Å². The normalized spacial score (nSPS) is 18.4. The zero-order chi connectivity index (χ0) is 14.4. The van der Waals surface area contributed by atoms with E-state index in [1.54, 1.807) is 0 Å². The lowest BCUT2D eigenvalue weighted by atomic mass is 10.0. The van der Waals surface area contributed by atoms with Gasteiger partial charge in [0.05, 0.1) is 18.9 Å². The maximum atomic E-state index is 5.41. The monoisotopic (exact) mass is 277 g/mol. The third-order valence-corrected chi connectivity index (χ3v) is 3.88. The van der Waals surface area contributed by atoms with Crippen LogP contribution in [0, 0.1) is 12.8 Å². The molecule has 4 nitrogen and oxygen atoms in total. The fourth-order valence-corrected chi connectivity index (χ4v) is 2.41. The van der Waals surface area contributed by atoms with Gasteiger partial charge in [-0.3, -0.25) is 9.88 Å². The number of rotatable bonds is 6. The van der Waals surface area contributed by atoms with Crippen LogP contribution in [-0.2, 0) is 11.3 Å². The molecule has 112 valence electrons. The first-order chi connectivity index (χ1) is 9.65. The summed E-state index contributed by atoms with van der Waals surface area (Å²) >= 11 is 0. The van der Waals surface area contributed by atoms with Gasteiger partial charge in [-0.05, 0) is 24.5 Å². The van der Waals surface area contributed by atoms with E-state index < -0.39 is 0 Å². The minimum absolute atomic E-state index is 0.496. The van der Waals surface area contributed by atoms with E-state index in [1.165, 1.54) is 5.56 Å². The van der Waals surface area contributed by atoms with Crippen molar-refractivity contribution in [3.63, 3.8) is 0 Å². The predicted molar refractivity (Wildman–Crippen MR) is 81.7 cm³/mol. The molecule has 1 fully saturated rings. The summed E-state index contributed by atoms with van der Waals surface area (Å²) in [6, 6.07) is 4.72. The summed E-state index contributed by atoms with van der Waals surface area (Å²) < 4.78 is 5.41. The lowest BCUT2D eigenvalue weighted by Crippen LogP contribution is -2.47. The van der Waals surface area contributed by atoms with Crippen LogP contribution in [0.4, 0.5) is 0 Å². The van der Waals surface area contributed by atoms with Crippen molar-refractivity contribution in [3.8, 4) is 0 Å². The van der Waals surface area contributed by atoms with Crippen LogP contribution in [-0.4, -0.2) is 48.8 Å². The maximum Gasteiger partial charge on any atom is 0.0594 e. The lowest BCUT2D eigenvalue weighted by Gasteiger charge is -2.32. The number of aromatic nitrogens is 1.